The lowest BCUT2D eigenvalue weighted by molar-refractivity contribution is -0.168. The van der Waals surface area contributed by atoms with Crippen molar-refractivity contribution in [2.24, 2.45) is 24.3 Å². The van der Waals surface area contributed by atoms with E-state index in [-0.39, 0.29) is 0 Å². The standard InChI is InChI=1S/C20H30N4O3S/c1-23-19(6-18(22-23)13-2-3-13)28(25,26)24-9-14-4-16(5-15(14)10-24)21-17-7-20(8-17)11-27-12-20/h6,13-17,21H,2-5,7-12H2,1H3/t14-,15+,16?. The molecule has 0 amide bonds. The van der Waals surface area contributed by atoms with E-state index in [1.165, 1.54) is 12.8 Å². The maximum Gasteiger partial charge on any atom is 0.260 e. The van der Waals surface area contributed by atoms with Gasteiger partial charge in [-0.15, -0.1) is 0 Å². The number of aromatic nitrogens is 2. The summed E-state index contributed by atoms with van der Waals surface area (Å²) in [6.07, 6.45) is 6.99. The van der Waals surface area contributed by atoms with Crippen molar-refractivity contribution >= 4 is 10.0 Å². The van der Waals surface area contributed by atoms with Gasteiger partial charge in [0.25, 0.3) is 10.0 Å². The van der Waals surface area contributed by atoms with Gasteiger partial charge in [-0.3, -0.25) is 4.68 Å². The van der Waals surface area contributed by atoms with Crippen molar-refractivity contribution in [3.8, 4) is 0 Å². The molecule has 3 aliphatic carbocycles. The molecule has 8 heteroatoms. The lowest BCUT2D eigenvalue weighted by atomic mass is 9.64. The molecule has 3 saturated carbocycles. The summed E-state index contributed by atoms with van der Waals surface area (Å²) in [5.74, 6) is 1.45. The molecule has 1 spiro atoms. The van der Waals surface area contributed by atoms with Crippen LogP contribution >= 0.6 is 0 Å². The van der Waals surface area contributed by atoms with Crippen LogP contribution in [-0.4, -0.2) is 60.9 Å². The highest BCUT2D eigenvalue weighted by molar-refractivity contribution is 7.89. The van der Waals surface area contributed by atoms with E-state index in [0.717, 1.165) is 44.6 Å². The second kappa shape index (κ2) is 6.03. The maximum absolute atomic E-state index is 13.2. The predicted octanol–water partition coefficient (Wildman–Crippen LogP) is 1.47. The lowest BCUT2D eigenvalue weighted by Crippen LogP contribution is -2.60. The van der Waals surface area contributed by atoms with Crippen molar-refractivity contribution in [2.75, 3.05) is 26.3 Å². The molecule has 0 bridgehead atoms. The molecule has 5 aliphatic rings. The summed E-state index contributed by atoms with van der Waals surface area (Å²) < 4.78 is 35.1. The number of aryl methyl sites for hydroxylation is 1. The van der Waals surface area contributed by atoms with Gasteiger partial charge >= 0.3 is 0 Å². The third-order valence-corrected chi connectivity index (χ3v) is 9.71. The van der Waals surface area contributed by atoms with Crippen LogP contribution in [0.3, 0.4) is 0 Å². The molecule has 1 unspecified atom stereocenters. The van der Waals surface area contributed by atoms with E-state index in [9.17, 15) is 8.42 Å². The van der Waals surface area contributed by atoms with Crippen LogP contribution in [0.4, 0.5) is 0 Å². The summed E-state index contributed by atoms with van der Waals surface area (Å²) in [7, 11) is -1.68. The summed E-state index contributed by atoms with van der Waals surface area (Å²) in [5, 5.41) is 8.67. The Morgan fingerprint density at radius 2 is 1.82 bits per heavy atom. The van der Waals surface area contributed by atoms with Gasteiger partial charge in [-0.1, -0.05) is 0 Å². The molecule has 5 fully saturated rings. The van der Waals surface area contributed by atoms with Crippen molar-refractivity contribution in [1.29, 1.82) is 0 Å². The fourth-order valence-corrected chi connectivity index (χ4v) is 7.76. The van der Waals surface area contributed by atoms with Gasteiger partial charge < -0.3 is 10.1 Å². The molecule has 1 N–H and O–H groups in total. The van der Waals surface area contributed by atoms with Crippen LogP contribution in [0, 0.1) is 17.3 Å². The van der Waals surface area contributed by atoms with Crippen LogP contribution in [0.2, 0.25) is 0 Å². The molecular formula is C20H30N4O3S. The van der Waals surface area contributed by atoms with Crippen LogP contribution < -0.4 is 5.32 Å². The van der Waals surface area contributed by atoms with Crippen LogP contribution in [-0.2, 0) is 21.8 Å². The van der Waals surface area contributed by atoms with Crippen LogP contribution in [0.25, 0.3) is 0 Å². The van der Waals surface area contributed by atoms with Gasteiger partial charge in [0.2, 0.25) is 0 Å². The van der Waals surface area contributed by atoms with Crippen molar-refractivity contribution in [2.45, 2.75) is 61.6 Å². The Kier molecular flexibility index (Phi) is 3.85. The molecule has 2 saturated heterocycles. The maximum atomic E-state index is 13.2. The molecule has 1 aromatic heterocycles. The fourth-order valence-electron chi connectivity index (χ4n) is 6.08. The van der Waals surface area contributed by atoms with Gasteiger partial charge in [0.15, 0.2) is 5.03 Å². The fraction of sp³-hybridized carbons (Fsp3) is 0.850. The van der Waals surface area contributed by atoms with E-state index in [0.29, 0.717) is 53.4 Å². The minimum atomic E-state index is -3.44. The molecule has 28 heavy (non-hydrogen) atoms. The molecule has 3 atom stereocenters. The normalized spacial score (nSPS) is 35.1. The Morgan fingerprint density at radius 3 is 2.39 bits per heavy atom. The molecule has 6 rings (SSSR count). The Morgan fingerprint density at radius 1 is 1.14 bits per heavy atom. The first-order valence-electron chi connectivity index (χ1n) is 10.8. The zero-order valence-electron chi connectivity index (χ0n) is 16.5. The first-order chi connectivity index (χ1) is 13.4. The third kappa shape index (κ3) is 2.79. The zero-order valence-corrected chi connectivity index (χ0v) is 17.3. The second-order valence-electron chi connectivity index (χ2n) is 10.1. The first-order valence-corrected chi connectivity index (χ1v) is 12.2. The van der Waals surface area contributed by atoms with E-state index >= 15 is 0 Å². The van der Waals surface area contributed by atoms with Crippen molar-refractivity contribution in [3.05, 3.63) is 11.8 Å². The number of ether oxygens (including phenoxy) is 1. The smallest absolute Gasteiger partial charge is 0.260 e. The van der Waals surface area contributed by atoms with Crippen molar-refractivity contribution < 1.29 is 13.2 Å². The SMILES string of the molecule is Cn1nc(C2CC2)cc1S(=O)(=O)N1C[C@H]2CC(NC3CC4(COC4)C3)C[C@H]2C1. The molecule has 154 valence electrons. The third-order valence-electron chi connectivity index (χ3n) is 7.82. The monoisotopic (exact) mass is 406 g/mol. The largest absolute Gasteiger partial charge is 0.380 e. The number of hydrogen-bond acceptors (Lipinski definition) is 5. The van der Waals surface area contributed by atoms with Crippen molar-refractivity contribution in [1.82, 2.24) is 19.4 Å². The zero-order chi connectivity index (χ0) is 19.1. The average molecular weight is 407 g/mol. The average Bonchev–Trinajstić information content (AvgIpc) is 3.05. The quantitative estimate of drug-likeness (QED) is 0.801. The van der Waals surface area contributed by atoms with E-state index in [4.69, 9.17) is 4.74 Å². The number of nitrogens with one attached hydrogen (secondary N) is 1. The topological polar surface area (TPSA) is 76.5 Å². The molecule has 3 heterocycles. The van der Waals surface area contributed by atoms with Gasteiger partial charge in [0.1, 0.15) is 0 Å². The van der Waals surface area contributed by atoms with E-state index in [1.807, 2.05) is 6.07 Å². The molecule has 7 nitrogen and oxygen atoms in total. The van der Waals surface area contributed by atoms with Gasteiger partial charge in [-0.25, -0.2) is 8.42 Å². The summed E-state index contributed by atoms with van der Waals surface area (Å²) in [4.78, 5) is 0. The first kappa shape index (κ1) is 17.9. The minimum absolute atomic E-state index is 0.367. The van der Waals surface area contributed by atoms with Gasteiger partial charge in [-0.05, 0) is 50.4 Å². The Balaban J connectivity index is 1.08. The van der Waals surface area contributed by atoms with Crippen LogP contribution in [0.1, 0.15) is 50.1 Å². The predicted molar refractivity (Wildman–Crippen MR) is 103 cm³/mol. The summed E-state index contributed by atoms with van der Waals surface area (Å²) in [6.45, 7) is 3.23. The number of fused-ring (bicyclic) bond motifs is 1. The summed E-state index contributed by atoms with van der Waals surface area (Å²) in [5.41, 5.74) is 1.44. The Hall–Kier alpha value is -0.960. The summed E-state index contributed by atoms with van der Waals surface area (Å²) >= 11 is 0. The van der Waals surface area contributed by atoms with Crippen LogP contribution in [0.15, 0.2) is 11.1 Å². The minimum Gasteiger partial charge on any atom is -0.380 e. The highest BCUT2D eigenvalue weighted by Crippen LogP contribution is 2.48. The van der Waals surface area contributed by atoms with E-state index in [2.05, 4.69) is 10.4 Å². The van der Waals surface area contributed by atoms with Gasteiger partial charge in [0, 0.05) is 49.6 Å². The summed E-state index contributed by atoms with van der Waals surface area (Å²) in [6, 6.07) is 3.01. The van der Waals surface area contributed by atoms with Gasteiger partial charge in [0.05, 0.1) is 18.9 Å². The number of rotatable bonds is 5. The molecule has 1 aromatic rings. The molecule has 0 radical (unpaired) electrons. The number of nitrogens with zero attached hydrogens (tertiary/aromatic N) is 3. The molecular weight excluding hydrogens is 376 g/mol. The lowest BCUT2D eigenvalue weighted by Gasteiger charge is -2.54. The highest BCUT2D eigenvalue weighted by Gasteiger charge is 2.51. The number of sulfonamides is 1. The highest BCUT2D eigenvalue weighted by atomic mass is 32.2. The number of hydrogen-bond donors (Lipinski definition) is 1. The van der Waals surface area contributed by atoms with Gasteiger partial charge in [-0.2, -0.15) is 9.40 Å². The molecule has 2 aliphatic heterocycles. The van der Waals surface area contributed by atoms with Crippen molar-refractivity contribution in [3.63, 3.8) is 0 Å². The Labute approximate surface area is 166 Å². The molecule has 0 aromatic carbocycles. The second-order valence-corrected chi connectivity index (χ2v) is 12.0. The Bertz CT molecular complexity index is 867. The van der Waals surface area contributed by atoms with Crippen LogP contribution in [0.5, 0.6) is 0 Å². The van der Waals surface area contributed by atoms with E-state index < -0.39 is 10.0 Å². The van der Waals surface area contributed by atoms with E-state index in [1.54, 1.807) is 16.0 Å².